The molecule has 0 aliphatic rings. The summed E-state index contributed by atoms with van der Waals surface area (Å²) < 4.78 is 4.57. The third kappa shape index (κ3) is 3.48. The first-order chi connectivity index (χ1) is 10.5. The zero-order chi connectivity index (χ0) is 16.1. The molecule has 22 heavy (non-hydrogen) atoms. The molecule has 0 bridgehead atoms. The number of carbonyl (C=O) groups is 1. The number of aliphatic carboxylic acids is 1. The quantitative estimate of drug-likeness (QED) is 0.431. The normalized spacial score (nSPS) is 12.2. The molecule has 0 fully saturated rings. The summed E-state index contributed by atoms with van der Waals surface area (Å²) in [4.78, 5) is 21.0. The highest BCUT2D eigenvalue weighted by atomic mass is 16.6. The fourth-order valence-corrected chi connectivity index (χ4v) is 2.07. The molecular weight excluding hydrogens is 292 g/mol. The van der Waals surface area contributed by atoms with Crippen LogP contribution in [0.2, 0.25) is 0 Å². The number of anilines is 1. The molecule has 0 saturated carbocycles. The van der Waals surface area contributed by atoms with E-state index in [1.54, 1.807) is 13.0 Å². The van der Waals surface area contributed by atoms with Crippen molar-refractivity contribution in [1.82, 2.24) is 10.3 Å². The van der Waals surface area contributed by atoms with Crippen molar-refractivity contribution in [2.24, 2.45) is 5.92 Å². The van der Waals surface area contributed by atoms with Crippen molar-refractivity contribution in [2.75, 3.05) is 11.9 Å². The second-order valence-electron chi connectivity index (χ2n) is 5.01. The molecule has 1 unspecified atom stereocenters. The molecule has 1 aromatic carbocycles. The van der Waals surface area contributed by atoms with Crippen molar-refractivity contribution in [2.45, 2.75) is 26.2 Å². The van der Waals surface area contributed by atoms with E-state index in [9.17, 15) is 14.9 Å². The van der Waals surface area contributed by atoms with Crippen molar-refractivity contribution in [3.05, 3.63) is 22.2 Å². The van der Waals surface area contributed by atoms with Crippen LogP contribution in [0.5, 0.6) is 0 Å². The highest BCUT2D eigenvalue weighted by molar-refractivity contribution is 5.93. The second-order valence-corrected chi connectivity index (χ2v) is 5.01. The molecule has 1 heterocycles. The van der Waals surface area contributed by atoms with E-state index in [2.05, 4.69) is 20.3 Å². The van der Waals surface area contributed by atoms with Gasteiger partial charge in [-0.25, -0.2) is 4.63 Å². The average Bonchev–Trinajstić information content (AvgIpc) is 2.95. The molecule has 118 valence electrons. The molecule has 1 aromatic heterocycles. The summed E-state index contributed by atoms with van der Waals surface area (Å²) in [5.41, 5.74) is 0.868. The molecule has 2 N–H and O–H groups in total. The second kappa shape index (κ2) is 6.83. The number of nitro groups is 1. The fourth-order valence-electron chi connectivity index (χ4n) is 2.07. The minimum atomic E-state index is -0.793. The van der Waals surface area contributed by atoms with Crippen molar-refractivity contribution < 1.29 is 19.5 Å². The Morgan fingerprint density at radius 1 is 1.41 bits per heavy atom. The number of benzene rings is 1. The van der Waals surface area contributed by atoms with Gasteiger partial charge >= 0.3 is 11.7 Å². The molecule has 0 aliphatic heterocycles. The lowest BCUT2D eigenvalue weighted by Gasteiger charge is -2.08. The van der Waals surface area contributed by atoms with Crippen LogP contribution in [0, 0.1) is 16.0 Å². The molecule has 9 nitrogen and oxygen atoms in total. The SMILES string of the molecule is CC(CCCCNc1ccc([N+](=O)[O-])c2nonc12)C(=O)O. The number of hydrogen-bond acceptors (Lipinski definition) is 7. The smallest absolute Gasteiger partial charge is 0.306 e. The molecule has 0 radical (unpaired) electrons. The Labute approximate surface area is 125 Å². The maximum absolute atomic E-state index is 10.9. The topological polar surface area (TPSA) is 131 Å². The lowest BCUT2D eigenvalue weighted by molar-refractivity contribution is -0.383. The van der Waals surface area contributed by atoms with Crippen molar-refractivity contribution in [1.29, 1.82) is 0 Å². The van der Waals surface area contributed by atoms with Gasteiger partial charge in [0.1, 0.15) is 0 Å². The standard InChI is InChI=1S/C13H16N4O5/c1-8(13(18)19)4-2-3-7-14-9-5-6-10(17(20)21)12-11(9)15-22-16-12/h5-6,8,14H,2-4,7H2,1H3,(H,18,19). The van der Waals surface area contributed by atoms with E-state index < -0.39 is 10.9 Å². The third-order valence-corrected chi connectivity index (χ3v) is 3.39. The summed E-state index contributed by atoms with van der Waals surface area (Å²) in [6, 6.07) is 2.91. The zero-order valence-corrected chi connectivity index (χ0v) is 12.0. The number of non-ortho nitro benzene ring substituents is 1. The van der Waals surface area contributed by atoms with Gasteiger partial charge < -0.3 is 10.4 Å². The van der Waals surface area contributed by atoms with E-state index >= 15 is 0 Å². The summed E-state index contributed by atoms with van der Waals surface area (Å²) in [7, 11) is 0. The number of hydrogen-bond donors (Lipinski definition) is 2. The van der Waals surface area contributed by atoms with Gasteiger partial charge in [0.05, 0.1) is 16.5 Å². The number of nitrogens with one attached hydrogen (secondary N) is 1. The van der Waals surface area contributed by atoms with Gasteiger partial charge in [0.25, 0.3) is 0 Å². The Hall–Kier alpha value is -2.71. The lowest BCUT2D eigenvalue weighted by Crippen LogP contribution is -2.10. The lowest BCUT2D eigenvalue weighted by atomic mass is 10.0. The van der Waals surface area contributed by atoms with Gasteiger partial charge in [0.2, 0.25) is 5.52 Å². The van der Waals surface area contributed by atoms with Crippen molar-refractivity contribution in [3.8, 4) is 0 Å². The highest BCUT2D eigenvalue weighted by Gasteiger charge is 2.19. The maximum Gasteiger partial charge on any atom is 0.306 e. The number of unbranched alkanes of at least 4 members (excludes halogenated alkanes) is 1. The molecule has 9 heteroatoms. The highest BCUT2D eigenvalue weighted by Crippen LogP contribution is 2.28. The van der Waals surface area contributed by atoms with Crippen molar-refractivity contribution in [3.63, 3.8) is 0 Å². The summed E-state index contributed by atoms with van der Waals surface area (Å²) in [6.07, 6.45) is 2.16. The summed E-state index contributed by atoms with van der Waals surface area (Å²) in [5, 5.41) is 30.0. The van der Waals surface area contributed by atoms with Gasteiger partial charge in [0, 0.05) is 12.6 Å². The summed E-state index contributed by atoms with van der Waals surface area (Å²) >= 11 is 0. The average molecular weight is 308 g/mol. The van der Waals surface area contributed by atoms with Crippen LogP contribution in [0.15, 0.2) is 16.8 Å². The Morgan fingerprint density at radius 3 is 2.82 bits per heavy atom. The van der Waals surface area contributed by atoms with E-state index in [4.69, 9.17) is 5.11 Å². The first-order valence-electron chi connectivity index (χ1n) is 6.87. The van der Waals surface area contributed by atoms with Gasteiger partial charge in [-0.15, -0.1) is 0 Å². The van der Waals surface area contributed by atoms with Crippen LogP contribution >= 0.6 is 0 Å². The molecule has 1 atom stereocenters. The van der Waals surface area contributed by atoms with Crippen LogP contribution in [-0.4, -0.2) is 32.9 Å². The minimum Gasteiger partial charge on any atom is -0.481 e. The van der Waals surface area contributed by atoms with Crippen LogP contribution in [0.25, 0.3) is 11.0 Å². The monoisotopic (exact) mass is 308 g/mol. The first-order valence-corrected chi connectivity index (χ1v) is 6.87. The van der Waals surface area contributed by atoms with E-state index in [1.165, 1.54) is 6.07 Å². The fraction of sp³-hybridized carbons (Fsp3) is 0.462. The maximum atomic E-state index is 10.9. The number of carboxylic acids is 1. The van der Waals surface area contributed by atoms with Crippen molar-refractivity contribution >= 4 is 28.4 Å². The number of aromatic nitrogens is 2. The molecule has 0 aliphatic carbocycles. The molecule has 0 saturated heterocycles. The molecule has 2 aromatic rings. The summed E-state index contributed by atoms with van der Waals surface area (Å²) in [6.45, 7) is 2.28. The third-order valence-electron chi connectivity index (χ3n) is 3.39. The number of fused-ring (bicyclic) bond motifs is 1. The predicted octanol–water partition coefficient (Wildman–Crippen LogP) is 2.43. The van der Waals surface area contributed by atoms with E-state index in [-0.39, 0.29) is 17.1 Å². The number of rotatable bonds is 8. The van der Waals surface area contributed by atoms with Crippen LogP contribution in [0.1, 0.15) is 26.2 Å². The molecule has 2 rings (SSSR count). The van der Waals surface area contributed by atoms with Crippen LogP contribution in [0.3, 0.4) is 0 Å². The predicted molar refractivity (Wildman–Crippen MR) is 77.6 cm³/mol. The Bertz CT molecular complexity index is 684. The van der Waals surface area contributed by atoms with Gasteiger partial charge in [-0.3, -0.25) is 14.9 Å². The van der Waals surface area contributed by atoms with Gasteiger partial charge in [-0.2, -0.15) is 0 Å². The Balaban J connectivity index is 1.93. The number of nitro benzene ring substituents is 1. The molecule has 0 spiro atoms. The Morgan fingerprint density at radius 2 is 2.14 bits per heavy atom. The molecular formula is C13H16N4O5. The van der Waals surface area contributed by atoms with E-state index in [0.717, 1.165) is 12.8 Å². The first kappa shape index (κ1) is 15.7. The number of carboxylic acid groups (broad SMARTS) is 1. The largest absolute Gasteiger partial charge is 0.481 e. The van der Waals surface area contributed by atoms with Gasteiger partial charge in [0.15, 0.2) is 5.52 Å². The minimum absolute atomic E-state index is 0.106. The van der Waals surface area contributed by atoms with Gasteiger partial charge in [-0.1, -0.05) is 13.3 Å². The Kier molecular flexibility index (Phi) is 4.87. The van der Waals surface area contributed by atoms with Crippen LogP contribution in [-0.2, 0) is 4.79 Å². The van der Waals surface area contributed by atoms with E-state index in [0.29, 0.717) is 24.2 Å². The zero-order valence-electron chi connectivity index (χ0n) is 12.0. The number of nitrogens with zero attached hydrogens (tertiary/aromatic N) is 3. The van der Waals surface area contributed by atoms with Crippen LogP contribution < -0.4 is 5.32 Å². The summed E-state index contributed by atoms with van der Waals surface area (Å²) in [5.74, 6) is -1.15. The van der Waals surface area contributed by atoms with E-state index in [1.807, 2.05) is 0 Å². The molecule has 0 amide bonds. The van der Waals surface area contributed by atoms with Crippen LogP contribution in [0.4, 0.5) is 11.4 Å². The van der Waals surface area contributed by atoms with Gasteiger partial charge in [-0.05, 0) is 29.2 Å².